The molecule has 0 saturated carbocycles. The monoisotopic (exact) mass is 250 g/mol. The maximum atomic E-state index is 13.3. The highest BCUT2D eigenvalue weighted by Crippen LogP contribution is 2.24. The lowest BCUT2D eigenvalue weighted by atomic mass is 10.0. The molecule has 3 heteroatoms. The van der Waals surface area contributed by atoms with Crippen molar-refractivity contribution in [3.63, 3.8) is 0 Å². The van der Waals surface area contributed by atoms with Gasteiger partial charge in [0.2, 0.25) is 0 Å². The van der Waals surface area contributed by atoms with Crippen LogP contribution in [0.15, 0.2) is 18.2 Å². The molecule has 1 unspecified atom stereocenters. The van der Waals surface area contributed by atoms with Crippen molar-refractivity contribution >= 4 is 0 Å². The van der Waals surface area contributed by atoms with E-state index in [0.29, 0.717) is 12.1 Å². The molecule has 0 radical (unpaired) electrons. The van der Waals surface area contributed by atoms with Gasteiger partial charge in [0.05, 0.1) is 0 Å². The maximum Gasteiger partial charge on any atom is 0.126 e. The van der Waals surface area contributed by atoms with Crippen molar-refractivity contribution in [3.8, 4) is 0 Å². The number of likely N-dealkylation sites (tertiary alicyclic amines) is 1. The van der Waals surface area contributed by atoms with Crippen molar-refractivity contribution in [2.45, 2.75) is 38.6 Å². The lowest BCUT2D eigenvalue weighted by molar-refractivity contribution is 0.209. The minimum atomic E-state index is -0.134. The number of nitrogens with zero attached hydrogens (tertiary/aromatic N) is 1. The molecule has 0 spiro atoms. The second-order valence-corrected chi connectivity index (χ2v) is 5.21. The molecular formula is C15H23FN2. The van der Waals surface area contributed by atoms with Crippen molar-refractivity contribution < 1.29 is 4.39 Å². The normalized spacial score (nSPS) is 19.5. The van der Waals surface area contributed by atoms with E-state index in [-0.39, 0.29) is 11.9 Å². The van der Waals surface area contributed by atoms with Crippen molar-refractivity contribution in [2.75, 3.05) is 19.6 Å². The van der Waals surface area contributed by atoms with Crippen LogP contribution < -0.4 is 5.73 Å². The van der Waals surface area contributed by atoms with E-state index in [4.69, 9.17) is 5.73 Å². The summed E-state index contributed by atoms with van der Waals surface area (Å²) in [6, 6.07) is 5.62. The third kappa shape index (κ3) is 3.09. The van der Waals surface area contributed by atoms with E-state index >= 15 is 0 Å². The van der Waals surface area contributed by atoms with E-state index in [1.807, 2.05) is 19.1 Å². The fourth-order valence-corrected chi connectivity index (χ4v) is 2.78. The molecule has 1 aliphatic heterocycles. The number of aryl methyl sites for hydroxylation is 1. The Bertz CT molecular complexity index is 384. The largest absolute Gasteiger partial charge is 0.329 e. The Morgan fingerprint density at radius 2 is 1.89 bits per heavy atom. The minimum absolute atomic E-state index is 0.134. The van der Waals surface area contributed by atoms with E-state index in [1.54, 1.807) is 6.07 Å². The smallest absolute Gasteiger partial charge is 0.126 e. The average Bonchev–Trinajstić information content (AvgIpc) is 2.64. The van der Waals surface area contributed by atoms with Gasteiger partial charge >= 0.3 is 0 Å². The fraction of sp³-hybridized carbons (Fsp3) is 0.600. The SMILES string of the molecule is Cc1cc(C(CN)N2CCCCCC2)ccc1F. The van der Waals surface area contributed by atoms with Gasteiger partial charge in [0.1, 0.15) is 5.82 Å². The summed E-state index contributed by atoms with van der Waals surface area (Å²) >= 11 is 0. The summed E-state index contributed by atoms with van der Waals surface area (Å²) in [6.45, 7) is 4.64. The van der Waals surface area contributed by atoms with Gasteiger partial charge in [-0.3, -0.25) is 4.90 Å². The van der Waals surface area contributed by atoms with E-state index in [2.05, 4.69) is 4.90 Å². The zero-order valence-corrected chi connectivity index (χ0v) is 11.2. The number of nitrogens with two attached hydrogens (primary N) is 1. The molecule has 1 aliphatic rings. The van der Waals surface area contributed by atoms with Crippen LogP contribution in [0.2, 0.25) is 0 Å². The minimum Gasteiger partial charge on any atom is -0.329 e. The first-order valence-corrected chi connectivity index (χ1v) is 6.92. The standard InChI is InChI=1S/C15H23FN2/c1-12-10-13(6-7-14(12)16)15(11-17)18-8-4-2-3-5-9-18/h6-7,10,15H,2-5,8-9,11,17H2,1H3. The number of rotatable bonds is 3. The molecule has 2 rings (SSSR count). The second-order valence-electron chi connectivity index (χ2n) is 5.21. The number of hydrogen-bond acceptors (Lipinski definition) is 2. The van der Waals surface area contributed by atoms with Gasteiger partial charge in [0.15, 0.2) is 0 Å². The van der Waals surface area contributed by atoms with Crippen LogP contribution in [0.4, 0.5) is 4.39 Å². The molecule has 0 bridgehead atoms. The lowest BCUT2D eigenvalue weighted by Crippen LogP contribution is -2.34. The van der Waals surface area contributed by atoms with Crippen molar-refractivity contribution in [3.05, 3.63) is 35.1 Å². The highest BCUT2D eigenvalue weighted by molar-refractivity contribution is 5.27. The quantitative estimate of drug-likeness (QED) is 0.893. The molecule has 1 fully saturated rings. The lowest BCUT2D eigenvalue weighted by Gasteiger charge is -2.30. The van der Waals surface area contributed by atoms with Crippen LogP contribution in [-0.2, 0) is 0 Å². The first kappa shape index (κ1) is 13.5. The van der Waals surface area contributed by atoms with Gasteiger partial charge in [-0.2, -0.15) is 0 Å². The average molecular weight is 250 g/mol. The van der Waals surface area contributed by atoms with Crippen molar-refractivity contribution in [1.82, 2.24) is 4.90 Å². The molecule has 1 atom stereocenters. The van der Waals surface area contributed by atoms with Gasteiger partial charge in [0.25, 0.3) is 0 Å². The maximum absolute atomic E-state index is 13.3. The molecule has 2 nitrogen and oxygen atoms in total. The first-order chi connectivity index (χ1) is 8.72. The summed E-state index contributed by atoms with van der Waals surface area (Å²) < 4.78 is 13.3. The molecule has 0 aliphatic carbocycles. The van der Waals surface area contributed by atoms with Crippen molar-refractivity contribution in [2.24, 2.45) is 5.73 Å². The molecule has 1 heterocycles. The van der Waals surface area contributed by atoms with Gasteiger partial charge in [-0.25, -0.2) is 4.39 Å². The molecule has 100 valence electrons. The summed E-state index contributed by atoms with van der Waals surface area (Å²) in [5.74, 6) is -0.134. The van der Waals surface area contributed by atoms with Crippen LogP contribution >= 0.6 is 0 Å². The van der Waals surface area contributed by atoms with E-state index in [1.165, 1.54) is 25.7 Å². The van der Waals surface area contributed by atoms with E-state index in [9.17, 15) is 4.39 Å². The number of halogens is 1. The molecule has 1 saturated heterocycles. The van der Waals surface area contributed by atoms with Gasteiger partial charge in [0, 0.05) is 12.6 Å². The second kappa shape index (κ2) is 6.30. The van der Waals surface area contributed by atoms with Crippen LogP contribution in [-0.4, -0.2) is 24.5 Å². The highest BCUT2D eigenvalue weighted by Gasteiger charge is 2.20. The molecular weight excluding hydrogens is 227 g/mol. The predicted molar refractivity (Wildman–Crippen MR) is 73.0 cm³/mol. The summed E-state index contributed by atoms with van der Waals surface area (Å²) in [5.41, 5.74) is 7.80. The van der Waals surface area contributed by atoms with Crippen LogP contribution in [0.3, 0.4) is 0 Å². The molecule has 1 aromatic rings. The summed E-state index contributed by atoms with van der Waals surface area (Å²) in [5, 5.41) is 0. The first-order valence-electron chi connectivity index (χ1n) is 6.92. The molecule has 0 aromatic heterocycles. The molecule has 18 heavy (non-hydrogen) atoms. The topological polar surface area (TPSA) is 29.3 Å². The summed E-state index contributed by atoms with van der Waals surface area (Å²) in [4.78, 5) is 2.46. The Morgan fingerprint density at radius 3 is 2.44 bits per heavy atom. The predicted octanol–water partition coefficient (Wildman–Crippen LogP) is 3.01. The van der Waals surface area contributed by atoms with E-state index < -0.39 is 0 Å². The van der Waals surface area contributed by atoms with Crippen molar-refractivity contribution in [1.29, 1.82) is 0 Å². The Balaban J connectivity index is 2.17. The number of benzene rings is 1. The zero-order chi connectivity index (χ0) is 13.0. The van der Waals surface area contributed by atoms with Gasteiger partial charge < -0.3 is 5.73 Å². The van der Waals surface area contributed by atoms with E-state index in [0.717, 1.165) is 18.7 Å². The van der Waals surface area contributed by atoms with Gasteiger partial charge in [-0.15, -0.1) is 0 Å². The molecule has 0 amide bonds. The Morgan fingerprint density at radius 1 is 1.22 bits per heavy atom. The van der Waals surface area contributed by atoms with Crippen LogP contribution in [0.1, 0.15) is 42.9 Å². The third-order valence-electron chi connectivity index (χ3n) is 3.87. The highest BCUT2D eigenvalue weighted by atomic mass is 19.1. The molecule has 1 aromatic carbocycles. The summed E-state index contributed by atoms with van der Waals surface area (Å²) in [7, 11) is 0. The zero-order valence-electron chi connectivity index (χ0n) is 11.2. The third-order valence-corrected chi connectivity index (χ3v) is 3.87. The number of hydrogen-bond donors (Lipinski definition) is 1. The Labute approximate surface area is 109 Å². The Kier molecular flexibility index (Phi) is 4.72. The van der Waals surface area contributed by atoms with Crippen LogP contribution in [0.25, 0.3) is 0 Å². The van der Waals surface area contributed by atoms with Gasteiger partial charge in [-0.05, 0) is 50.0 Å². The van der Waals surface area contributed by atoms with Crippen LogP contribution in [0, 0.1) is 12.7 Å². The van der Waals surface area contributed by atoms with Crippen LogP contribution in [0.5, 0.6) is 0 Å². The molecule has 2 N–H and O–H groups in total. The Hall–Kier alpha value is -0.930. The fourth-order valence-electron chi connectivity index (χ4n) is 2.78. The van der Waals surface area contributed by atoms with Gasteiger partial charge in [-0.1, -0.05) is 25.0 Å². The summed E-state index contributed by atoms with van der Waals surface area (Å²) in [6.07, 6.45) is 5.12.